The lowest BCUT2D eigenvalue weighted by atomic mass is 10.1. The van der Waals surface area contributed by atoms with Crippen molar-refractivity contribution in [3.8, 4) is 0 Å². The van der Waals surface area contributed by atoms with Gasteiger partial charge in [0.2, 0.25) is 15.9 Å². The van der Waals surface area contributed by atoms with Crippen LogP contribution in [-0.2, 0) is 28.3 Å². The van der Waals surface area contributed by atoms with Crippen molar-refractivity contribution in [2.75, 3.05) is 32.9 Å². The molecule has 142 valence electrons. The molecule has 1 aromatic heterocycles. The molecule has 25 heavy (non-hydrogen) atoms. The molecule has 1 amide bonds. The molecule has 1 aliphatic rings. The van der Waals surface area contributed by atoms with E-state index >= 15 is 0 Å². The largest absolute Gasteiger partial charge is 0.391 e. The van der Waals surface area contributed by atoms with Crippen LogP contribution in [-0.4, -0.2) is 77.5 Å². The highest BCUT2D eigenvalue weighted by atomic mass is 32.2. The first-order chi connectivity index (χ1) is 11.5. The van der Waals surface area contributed by atoms with Crippen LogP contribution in [0.3, 0.4) is 0 Å². The minimum absolute atomic E-state index is 0.0635. The van der Waals surface area contributed by atoms with Gasteiger partial charge in [0.1, 0.15) is 0 Å². The molecule has 9 heteroatoms. The molecule has 0 aromatic carbocycles. The molecule has 2 atom stereocenters. The van der Waals surface area contributed by atoms with Crippen molar-refractivity contribution in [2.45, 2.75) is 32.8 Å². The SMILES string of the molecule is Cc1nn(C)c(C)c1CCC(=O)N1C[C@@H](CS(=O)(=O)N(C)C)[C@@H](O)C1. The lowest BCUT2D eigenvalue weighted by Crippen LogP contribution is -2.33. The molecule has 0 saturated carbocycles. The standard InChI is InChI=1S/C16H28N4O4S/c1-11-14(12(2)19(5)17-11)6-7-16(22)20-8-13(15(21)9-20)10-25(23,24)18(3)4/h13,15,21H,6-10H2,1-5H3/t13-,15-/m0/s1. The van der Waals surface area contributed by atoms with E-state index in [-0.39, 0.29) is 24.7 Å². The monoisotopic (exact) mass is 372 g/mol. The zero-order valence-corrected chi connectivity index (χ0v) is 16.4. The third-order valence-electron chi connectivity index (χ3n) is 4.99. The molecule has 1 N–H and O–H groups in total. The van der Waals surface area contributed by atoms with Crippen LogP contribution in [0, 0.1) is 19.8 Å². The third kappa shape index (κ3) is 4.39. The van der Waals surface area contributed by atoms with Gasteiger partial charge in [0.05, 0.1) is 17.6 Å². The average molecular weight is 372 g/mol. The van der Waals surface area contributed by atoms with Gasteiger partial charge in [0, 0.05) is 52.3 Å². The predicted molar refractivity (Wildman–Crippen MR) is 94.6 cm³/mol. The molecular formula is C16H28N4O4S. The summed E-state index contributed by atoms with van der Waals surface area (Å²) in [6, 6.07) is 0. The Balaban J connectivity index is 1.95. The molecule has 1 saturated heterocycles. The van der Waals surface area contributed by atoms with Gasteiger partial charge in [-0.3, -0.25) is 9.48 Å². The highest BCUT2D eigenvalue weighted by Gasteiger charge is 2.37. The fraction of sp³-hybridized carbons (Fsp3) is 0.750. The van der Waals surface area contributed by atoms with Crippen molar-refractivity contribution in [3.63, 3.8) is 0 Å². The van der Waals surface area contributed by atoms with Gasteiger partial charge in [-0.25, -0.2) is 12.7 Å². The summed E-state index contributed by atoms with van der Waals surface area (Å²) in [7, 11) is 1.41. The molecule has 1 fully saturated rings. The molecule has 0 aliphatic carbocycles. The Morgan fingerprint density at radius 2 is 1.96 bits per heavy atom. The number of hydrogen-bond donors (Lipinski definition) is 1. The van der Waals surface area contributed by atoms with E-state index in [9.17, 15) is 18.3 Å². The number of β-amino-alcohol motifs (C(OH)–C–C–N with tert-alkyl or cyclic N) is 1. The summed E-state index contributed by atoms with van der Waals surface area (Å²) in [6.45, 7) is 4.37. The van der Waals surface area contributed by atoms with E-state index in [4.69, 9.17) is 0 Å². The molecule has 8 nitrogen and oxygen atoms in total. The van der Waals surface area contributed by atoms with Crippen molar-refractivity contribution >= 4 is 15.9 Å². The molecule has 0 radical (unpaired) electrons. The van der Waals surface area contributed by atoms with E-state index in [0.717, 1.165) is 21.3 Å². The van der Waals surface area contributed by atoms with E-state index in [1.54, 1.807) is 9.58 Å². The maximum absolute atomic E-state index is 12.5. The van der Waals surface area contributed by atoms with Crippen LogP contribution in [0.2, 0.25) is 0 Å². The van der Waals surface area contributed by atoms with E-state index in [2.05, 4.69) is 5.10 Å². The zero-order valence-electron chi connectivity index (χ0n) is 15.6. The van der Waals surface area contributed by atoms with Crippen LogP contribution >= 0.6 is 0 Å². The molecule has 0 bridgehead atoms. The zero-order chi connectivity index (χ0) is 18.9. The number of nitrogens with zero attached hydrogens (tertiary/aromatic N) is 4. The van der Waals surface area contributed by atoms with Gasteiger partial charge < -0.3 is 10.0 Å². The van der Waals surface area contributed by atoms with Crippen molar-refractivity contribution in [1.82, 2.24) is 19.0 Å². The summed E-state index contributed by atoms with van der Waals surface area (Å²) >= 11 is 0. The van der Waals surface area contributed by atoms with Crippen molar-refractivity contribution in [2.24, 2.45) is 13.0 Å². The molecule has 1 aromatic rings. The summed E-state index contributed by atoms with van der Waals surface area (Å²) in [5.74, 6) is -0.657. The number of rotatable bonds is 6. The number of sulfonamides is 1. The average Bonchev–Trinajstić information content (AvgIpc) is 2.97. The van der Waals surface area contributed by atoms with E-state index in [1.807, 2.05) is 20.9 Å². The normalized spacial score (nSPS) is 21.3. The van der Waals surface area contributed by atoms with Crippen molar-refractivity contribution in [3.05, 3.63) is 17.0 Å². The number of amides is 1. The third-order valence-corrected chi connectivity index (χ3v) is 6.95. The number of hydrogen-bond acceptors (Lipinski definition) is 5. The number of carbonyl (C=O) groups excluding carboxylic acids is 1. The first-order valence-corrected chi connectivity index (χ1v) is 9.99. The lowest BCUT2D eigenvalue weighted by Gasteiger charge is -2.18. The summed E-state index contributed by atoms with van der Waals surface area (Å²) in [5.41, 5.74) is 3.04. The second kappa shape index (κ2) is 7.43. The lowest BCUT2D eigenvalue weighted by molar-refractivity contribution is -0.130. The first kappa shape index (κ1) is 19.9. The number of carbonyl (C=O) groups is 1. The number of aryl methyl sites for hydroxylation is 2. The molecule has 2 rings (SSSR count). The second-order valence-electron chi connectivity index (χ2n) is 6.96. The summed E-state index contributed by atoms with van der Waals surface area (Å²) in [6.07, 6.45) is 0.116. The maximum Gasteiger partial charge on any atom is 0.223 e. The quantitative estimate of drug-likeness (QED) is 0.738. The smallest absolute Gasteiger partial charge is 0.223 e. The Kier molecular flexibility index (Phi) is 5.90. The number of likely N-dealkylation sites (tertiary alicyclic amines) is 1. The topological polar surface area (TPSA) is 95.7 Å². The summed E-state index contributed by atoms with van der Waals surface area (Å²) in [5, 5.41) is 14.5. The molecular weight excluding hydrogens is 344 g/mol. The van der Waals surface area contributed by atoms with Gasteiger partial charge in [-0.1, -0.05) is 0 Å². The van der Waals surface area contributed by atoms with E-state index in [0.29, 0.717) is 12.8 Å². The van der Waals surface area contributed by atoms with Crippen LogP contribution in [0.1, 0.15) is 23.4 Å². The predicted octanol–water partition coefficient (Wildman–Crippen LogP) is -0.320. The van der Waals surface area contributed by atoms with Crippen LogP contribution in [0.15, 0.2) is 0 Å². The Hall–Kier alpha value is -1.45. The highest BCUT2D eigenvalue weighted by molar-refractivity contribution is 7.89. The van der Waals surface area contributed by atoms with E-state index < -0.39 is 22.0 Å². The Bertz CT molecular complexity index is 742. The van der Waals surface area contributed by atoms with E-state index in [1.165, 1.54) is 14.1 Å². The van der Waals surface area contributed by atoms with Gasteiger partial charge in [-0.15, -0.1) is 0 Å². The molecule has 0 unspecified atom stereocenters. The van der Waals surface area contributed by atoms with Crippen LogP contribution in [0.5, 0.6) is 0 Å². The highest BCUT2D eigenvalue weighted by Crippen LogP contribution is 2.22. The fourth-order valence-corrected chi connectivity index (χ4v) is 4.38. The first-order valence-electron chi connectivity index (χ1n) is 8.38. The second-order valence-corrected chi connectivity index (χ2v) is 9.19. The van der Waals surface area contributed by atoms with Crippen molar-refractivity contribution < 1.29 is 18.3 Å². The van der Waals surface area contributed by atoms with Crippen molar-refractivity contribution in [1.29, 1.82) is 0 Å². The molecule has 0 spiro atoms. The Morgan fingerprint density at radius 1 is 1.32 bits per heavy atom. The summed E-state index contributed by atoms with van der Waals surface area (Å²) in [4.78, 5) is 14.0. The van der Waals surface area contributed by atoms with Crippen LogP contribution < -0.4 is 0 Å². The van der Waals surface area contributed by atoms with Gasteiger partial charge in [-0.05, 0) is 25.8 Å². The minimum Gasteiger partial charge on any atom is -0.391 e. The van der Waals surface area contributed by atoms with Gasteiger partial charge in [0.25, 0.3) is 0 Å². The minimum atomic E-state index is -3.40. The van der Waals surface area contributed by atoms with Gasteiger partial charge >= 0.3 is 0 Å². The molecule has 1 aliphatic heterocycles. The number of aliphatic hydroxyl groups excluding tert-OH is 1. The Labute approximate surface area is 149 Å². The van der Waals surface area contributed by atoms with Gasteiger partial charge in [0.15, 0.2) is 0 Å². The van der Waals surface area contributed by atoms with Crippen LogP contribution in [0.4, 0.5) is 0 Å². The maximum atomic E-state index is 12.5. The number of aliphatic hydroxyl groups is 1. The number of aromatic nitrogens is 2. The fourth-order valence-electron chi connectivity index (χ4n) is 3.21. The van der Waals surface area contributed by atoms with Crippen LogP contribution in [0.25, 0.3) is 0 Å². The van der Waals surface area contributed by atoms with Gasteiger partial charge in [-0.2, -0.15) is 5.10 Å². The summed E-state index contributed by atoms with van der Waals surface area (Å²) < 4.78 is 27.0. The molecule has 2 heterocycles. The Morgan fingerprint density at radius 3 is 2.48 bits per heavy atom.